The number of piperazine rings is 1. The Labute approximate surface area is 107 Å². The maximum absolute atomic E-state index is 4.37. The average molecular weight is 242 g/mol. The van der Waals surface area contributed by atoms with Gasteiger partial charge in [-0.25, -0.2) is 0 Å². The van der Waals surface area contributed by atoms with Gasteiger partial charge in [-0.2, -0.15) is 5.10 Å². The van der Waals surface area contributed by atoms with E-state index in [2.05, 4.69) is 52.5 Å². The third-order valence-electron chi connectivity index (χ3n) is 3.61. The molecule has 0 aliphatic carbocycles. The number of anilines is 1. The molecule has 94 valence electrons. The Hall–Kier alpha value is -1.68. The molecule has 1 fully saturated rings. The summed E-state index contributed by atoms with van der Waals surface area (Å²) >= 11 is 0. The summed E-state index contributed by atoms with van der Waals surface area (Å²) in [5, 5.41) is 14.3. The molecule has 2 heterocycles. The molecule has 1 aliphatic heterocycles. The zero-order chi connectivity index (χ0) is 12.6. The van der Waals surface area contributed by atoms with Crippen molar-refractivity contribution in [2.24, 2.45) is 0 Å². The largest absolute Gasteiger partial charge is 0.347 e. The monoisotopic (exact) mass is 242 g/mol. The van der Waals surface area contributed by atoms with E-state index >= 15 is 0 Å². The number of nitrogens with zero attached hydrogens (tertiary/aromatic N) is 3. The van der Waals surface area contributed by atoms with E-state index in [4.69, 9.17) is 0 Å². The maximum Gasteiger partial charge on any atom is 0.159 e. The fourth-order valence-corrected chi connectivity index (χ4v) is 2.59. The van der Waals surface area contributed by atoms with Gasteiger partial charge in [-0.15, -0.1) is 5.10 Å². The molecule has 0 atom stereocenters. The number of nitrogens with one attached hydrogen (secondary N) is 1. The molecule has 2 aromatic rings. The van der Waals surface area contributed by atoms with E-state index in [1.165, 1.54) is 5.39 Å². The molecule has 1 saturated heterocycles. The van der Waals surface area contributed by atoms with Crippen LogP contribution in [0.15, 0.2) is 30.5 Å². The normalized spacial score (nSPS) is 19.1. The van der Waals surface area contributed by atoms with E-state index in [1.54, 1.807) is 0 Å². The first-order valence-corrected chi connectivity index (χ1v) is 6.37. The van der Waals surface area contributed by atoms with Crippen LogP contribution in [0.4, 0.5) is 5.82 Å². The van der Waals surface area contributed by atoms with Crippen molar-refractivity contribution in [2.75, 3.05) is 24.5 Å². The van der Waals surface area contributed by atoms with Crippen LogP contribution in [0, 0.1) is 0 Å². The molecule has 18 heavy (non-hydrogen) atoms. The molecule has 0 spiro atoms. The first kappa shape index (κ1) is 11.4. The van der Waals surface area contributed by atoms with Gasteiger partial charge in [-0.1, -0.05) is 24.3 Å². The summed E-state index contributed by atoms with van der Waals surface area (Å²) in [5.41, 5.74) is 0.0665. The molecule has 1 aromatic carbocycles. The molecule has 1 N–H and O–H groups in total. The number of hydrogen-bond acceptors (Lipinski definition) is 4. The van der Waals surface area contributed by atoms with Crippen LogP contribution in [0.5, 0.6) is 0 Å². The van der Waals surface area contributed by atoms with Gasteiger partial charge in [0.1, 0.15) is 0 Å². The highest BCUT2D eigenvalue weighted by molar-refractivity contribution is 5.91. The molecule has 0 unspecified atom stereocenters. The van der Waals surface area contributed by atoms with Gasteiger partial charge in [0.05, 0.1) is 6.20 Å². The average Bonchev–Trinajstić information content (AvgIpc) is 2.38. The fraction of sp³-hybridized carbons (Fsp3) is 0.429. The first-order chi connectivity index (χ1) is 8.68. The predicted molar refractivity (Wildman–Crippen MR) is 73.8 cm³/mol. The van der Waals surface area contributed by atoms with Crippen molar-refractivity contribution >= 4 is 16.6 Å². The van der Waals surface area contributed by atoms with Crippen molar-refractivity contribution in [3.05, 3.63) is 30.5 Å². The molecule has 1 aliphatic rings. The lowest BCUT2D eigenvalue weighted by Gasteiger charge is -2.43. The Bertz CT molecular complexity index is 559. The van der Waals surface area contributed by atoms with E-state index in [-0.39, 0.29) is 5.54 Å². The minimum atomic E-state index is 0.0665. The minimum Gasteiger partial charge on any atom is -0.347 e. The predicted octanol–water partition coefficient (Wildman–Crippen LogP) is 1.82. The summed E-state index contributed by atoms with van der Waals surface area (Å²) < 4.78 is 0. The highest BCUT2D eigenvalue weighted by Gasteiger charge is 2.31. The lowest BCUT2D eigenvalue weighted by Crippen LogP contribution is -2.58. The number of hydrogen-bond donors (Lipinski definition) is 1. The minimum absolute atomic E-state index is 0.0665. The highest BCUT2D eigenvalue weighted by Crippen LogP contribution is 2.29. The third-order valence-corrected chi connectivity index (χ3v) is 3.61. The molecule has 0 amide bonds. The molecule has 0 bridgehead atoms. The summed E-state index contributed by atoms with van der Waals surface area (Å²) in [7, 11) is 0. The van der Waals surface area contributed by atoms with Crippen LogP contribution in [0.2, 0.25) is 0 Å². The smallest absolute Gasteiger partial charge is 0.159 e. The summed E-state index contributed by atoms with van der Waals surface area (Å²) in [6, 6.07) is 8.31. The van der Waals surface area contributed by atoms with Gasteiger partial charge in [0, 0.05) is 35.9 Å². The first-order valence-electron chi connectivity index (χ1n) is 6.37. The molecular formula is C14H18N4. The van der Waals surface area contributed by atoms with Crippen LogP contribution in [0.1, 0.15) is 13.8 Å². The van der Waals surface area contributed by atoms with Crippen LogP contribution >= 0.6 is 0 Å². The molecule has 4 heteroatoms. The lowest BCUT2D eigenvalue weighted by atomic mass is 9.99. The summed E-state index contributed by atoms with van der Waals surface area (Å²) in [6.45, 7) is 7.41. The van der Waals surface area contributed by atoms with Crippen molar-refractivity contribution < 1.29 is 0 Å². The number of benzene rings is 1. The Morgan fingerprint density at radius 1 is 1.28 bits per heavy atom. The van der Waals surface area contributed by atoms with E-state index in [9.17, 15) is 0 Å². The molecule has 4 nitrogen and oxygen atoms in total. The van der Waals surface area contributed by atoms with Gasteiger partial charge in [-0.3, -0.25) is 0 Å². The second-order valence-electron chi connectivity index (χ2n) is 5.40. The Morgan fingerprint density at radius 2 is 2.11 bits per heavy atom. The van der Waals surface area contributed by atoms with Crippen LogP contribution in [-0.4, -0.2) is 35.4 Å². The Kier molecular flexibility index (Phi) is 2.67. The van der Waals surface area contributed by atoms with Gasteiger partial charge in [0.2, 0.25) is 0 Å². The van der Waals surface area contributed by atoms with E-state index in [0.717, 1.165) is 30.8 Å². The van der Waals surface area contributed by atoms with Crippen LogP contribution in [-0.2, 0) is 0 Å². The van der Waals surface area contributed by atoms with E-state index in [1.807, 2.05) is 12.3 Å². The zero-order valence-corrected chi connectivity index (χ0v) is 10.8. The van der Waals surface area contributed by atoms with Crippen molar-refractivity contribution in [2.45, 2.75) is 19.4 Å². The van der Waals surface area contributed by atoms with Gasteiger partial charge in [0.25, 0.3) is 0 Å². The number of rotatable bonds is 1. The SMILES string of the molecule is CC1(C)CNCCN1c1nncc2ccccc12. The second-order valence-corrected chi connectivity index (χ2v) is 5.40. The molecular weight excluding hydrogens is 224 g/mol. The zero-order valence-electron chi connectivity index (χ0n) is 10.8. The van der Waals surface area contributed by atoms with Crippen molar-refractivity contribution in [3.63, 3.8) is 0 Å². The standard InChI is InChI=1S/C14H18N4/c1-14(2)10-15-7-8-18(14)13-12-6-4-3-5-11(12)9-16-17-13/h3-6,9,15H,7-8,10H2,1-2H3. The summed E-state index contributed by atoms with van der Waals surface area (Å²) in [5.74, 6) is 1.000. The molecule has 3 rings (SSSR count). The molecule has 0 radical (unpaired) electrons. The third kappa shape index (κ3) is 1.82. The topological polar surface area (TPSA) is 41.0 Å². The molecule has 0 saturated carbocycles. The fourth-order valence-electron chi connectivity index (χ4n) is 2.59. The quantitative estimate of drug-likeness (QED) is 0.828. The van der Waals surface area contributed by atoms with E-state index < -0.39 is 0 Å². The Balaban J connectivity index is 2.13. The van der Waals surface area contributed by atoms with Crippen LogP contribution < -0.4 is 10.2 Å². The summed E-state index contributed by atoms with van der Waals surface area (Å²) in [6.07, 6.45) is 1.83. The van der Waals surface area contributed by atoms with Crippen LogP contribution in [0.25, 0.3) is 10.8 Å². The number of fused-ring (bicyclic) bond motifs is 1. The van der Waals surface area contributed by atoms with Crippen molar-refractivity contribution in [1.29, 1.82) is 0 Å². The second kappa shape index (κ2) is 4.21. The molecule has 1 aromatic heterocycles. The van der Waals surface area contributed by atoms with Gasteiger partial charge < -0.3 is 10.2 Å². The van der Waals surface area contributed by atoms with Gasteiger partial charge in [0.15, 0.2) is 5.82 Å². The van der Waals surface area contributed by atoms with E-state index in [0.29, 0.717) is 0 Å². The maximum atomic E-state index is 4.37. The van der Waals surface area contributed by atoms with Crippen molar-refractivity contribution in [1.82, 2.24) is 15.5 Å². The van der Waals surface area contributed by atoms with Crippen molar-refractivity contribution in [3.8, 4) is 0 Å². The number of aromatic nitrogens is 2. The Morgan fingerprint density at radius 3 is 2.94 bits per heavy atom. The van der Waals surface area contributed by atoms with Gasteiger partial charge >= 0.3 is 0 Å². The van der Waals surface area contributed by atoms with Crippen LogP contribution in [0.3, 0.4) is 0 Å². The highest BCUT2D eigenvalue weighted by atomic mass is 15.3. The summed E-state index contributed by atoms with van der Waals surface area (Å²) in [4.78, 5) is 2.36. The lowest BCUT2D eigenvalue weighted by molar-refractivity contribution is 0.378. The van der Waals surface area contributed by atoms with Gasteiger partial charge in [-0.05, 0) is 13.8 Å².